The molecule has 1 rings (SSSR count). The summed E-state index contributed by atoms with van der Waals surface area (Å²) in [5.41, 5.74) is 0.925. The van der Waals surface area contributed by atoms with Crippen LogP contribution < -0.4 is 10.6 Å². The second-order valence-corrected chi connectivity index (χ2v) is 6.42. The number of likely N-dealkylation sites (N-methyl/N-ethyl adjacent to an activating group) is 1. The van der Waals surface area contributed by atoms with E-state index in [-0.39, 0.29) is 30.7 Å². The molecule has 0 heterocycles. The van der Waals surface area contributed by atoms with E-state index in [0.29, 0.717) is 17.9 Å². The molecule has 0 aliphatic carbocycles. The highest BCUT2D eigenvalue weighted by Gasteiger charge is 2.27. The highest BCUT2D eigenvalue weighted by molar-refractivity contribution is 5.88. The van der Waals surface area contributed by atoms with Gasteiger partial charge in [0.05, 0.1) is 12.5 Å². The van der Waals surface area contributed by atoms with E-state index in [4.69, 9.17) is 0 Å². The number of benzene rings is 1. The van der Waals surface area contributed by atoms with Crippen molar-refractivity contribution in [1.29, 1.82) is 0 Å². The maximum atomic E-state index is 12.6. The third kappa shape index (κ3) is 7.34. The summed E-state index contributed by atoms with van der Waals surface area (Å²) in [5.74, 6) is -1.06. The van der Waals surface area contributed by atoms with Gasteiger partial charge in [0.25, 0.3) is 0 Å². The van der Waals surface area contributed by atoms with Crippen LogP contribution in [0.5, 0.6) is 0 Å². The molecular formula is C18H27N3O4. The Labute approximate surface area is 148 Å². The van der Waals surface area contributed by atoms with E-state index in [2.05, 4.69) is 10.6 Å². The van der Waals surface area contributed by atoms with Crippen LogP contribution in [0.15, 0.2) is 30.3 Å². The average molecular weight is 349 g/mol. The lowest BCUT2D eigenvalue weighted by molar-refractivity contribution is -0.155. The molecule has 3 amide bonds. The number of nitrogens with one attached hydrogen (secondary N) is 2. The van der Waals surface area contributed by atoms with E-state index in [1.54, 1.807) is 0 Å². The van der Waals surface area contributed by atoms with Gasteiger partial charge in [0.1, 0.15) is 6.04 Å². The van der Waals surface area contributed by atoms with Crippen LogP contribution in [0, 0.1) is 11.8 Å². The second kappa shape index (κ2) is 10.5. The summed E-state index contributed by atoms with van der Waals surface area (Å²) in [5, 5.41) is 15.2. The van der Waals surface area contributed by atoms with Crippen LogP contribution in [0.2, 0.25) is 0 Å². The smallest absolute Gasteiger partial charge is 0.242 e. The largest absolute Gasteiger partial charge is 0.357 e. The number of amides is 3. The lowest BCUT2D eigenvalue weighted by atomic mass is 9.95. The zero-order valence-electron chi connectivity index (χ0n) is 14.9. The van der Waals surface area contributed by atoms with Gasteiger partial charge in [-0.15, -0.1) is 0 Å². The van der Waals surface area contributed by atoms with Gasteiger partial charge < -0.3 is 10.6 Å². The monoisotopic (exact) mass is 349 g/mol. The Hall–Kier alpha value is -2.41. The number of rotatable bonds is 10. The first-order valence-corrected chi connectivity index (χ1v) is 8.34. The number of nitrogens with zero attached hydrogens (tertiary/aromatic N) is 1. The molecule has 3 N–H and O–H groups in total. The molecule has 1 aromatic rings. The first-order chi connectivity index (χ1) is 11.9. The molecule has 0 aliphatic rings. The molecule has 0 radical (unpaired) electrons. The summed E-state index contributed by atoms with van der Waals surface area (Å²) >= 11 is 0. The zero-order valence-corrected chi connectivity index (χ0v) is 14.9. The van der Waals surface area contributed by atoms with Crippen molar-refractivity contribution in [3.8, 4) is 0 Å². The predicted octanol–water partition coefficient (Wildman–Crippen LogP) is 0.970. The molecule has 0 bridgehead atoms. The first-order valence-electron chi connectivity index (χ1n) is 8.34. The molecule has 0 saturated heterocycles. The van der Waals surface area contributed by atoms with Crippen molar-refractivity contribution in [3.05, 3.63) is 35.9 Å². The fourth-order valence-corrected chi connectivity index (χ4v) is 2.63. The minimum absolute atomic E-state index is 0.112. The van der Waals surface area contributed by atoms with Gasteiger partial charge in [-0.2, -0.15) is 0 Å². The Bertz CT molecular complexity index is 563. The highest BCUT2D eigenvalue weighted by atomic mass is 16.5. The Kier molecular flexibility index (Phi) is 8.63. The number of carbonyl (C=O) groups excluding carboxylic acids is 3. The van der Waals surface area contributed by atoms with Gasteiger partial charge in [-0.25, -0.2) is 5.06 Å². The van der Waals surface area contributed by atoms with Gasteiger partial charge in [-0.05, 0) is 17.9 Å². The quantitative estimate of drug-likeness (QED) is 0.333. The highest BCUT2D eigenvalue weighted by Crippen LogP contribution is 2.14. The van der Waals surface area contributed by atoms with E-state index < -0.39 is 12.0 Å². The SMILES string of the molecule is CNC(=O)[C@H](Cc1ccccc1)NC(=O)C(CC(C)C)CN(O)C=O. The normalized spacial score (nSPS) is 13.0. The maximum absolute atomic E-state index is 12.6. The third-order valence-electron chi connectivity index (χ3n) is 3.82. The van der Waals surface area contributed by atoms with Crippen LogP contribution in [0.25, 0.3) is 0 Å². The van der Waals surface area contributed by atoms with Gasteiger partial charge >= 0.3 is 0 Å². The van der Waals surface area contributed by atoms with Crippen LogP contribution in [0.3, 0.4) is 0 Å². The van der Waals surface area contributed by atoms with Gasteiger partial charge in [0.15, 0.2) is 0 Å². The summed E-state index contributed by atoms with van der Waals surface area (Å²) in [6.45, 7) is 3.78. The number of carbonyl (C=O) groups is 3. The fourth-order valence-electron chi connectivity index (χ4n) is 2.63. The standard InChI is InChI=1S/C18H27N3O4/c1-13(2)9-15(11-21(25)12-22)17(23)20-16(18(24)19-3)10-14-7-5-4-6-8-14/h4-8,12-13,15-16,25H,9-11H2,1-3H3,(H,19,24)(H,20,23)/t15?,16-/m0/s1. The molecule has 0 aromatic heterocycles. The average Bonchev–Trinajstić information content (AvgIpc) is 2.60. The Morgan fingerprint density at radius 1 is 1.20 bits per heavy atom. The fraction of sp³-hybridized carbons (Fsp3) is 0.500. The van der Waals surface area contributed by atoms with E-state index in [0.717, 1.165) is 5.56 Å². The van der Waals surface area contributed by atoms with E-state index in [1.165, 1.54) is 7.05 Å². The number of hydrogen-bond acceptors (Lipinski definition) is 4. The third-order valence-corrected chi connectivity index (χ3v) is 3.82. The minimum atomic E-state index is -0.724. The van der Waals surface area contributed by atoms with Crippen molar-refractivity contribution in [3.63, 3.8) is 0 Å². The van der Waals surface area contributed by atoms with E-state index >= 15 is 0 Å². The van der Waals surface area contributed by atoms with Crippen molar-refractivity contribution in [2.75, 3.05) is 13.6 Å². The summed E-state index contributed by atoms with van der Waals surface area (Å²) in [6.07, 6.45) is 1.11. The Morgan fingerprint density at radius 3 is 2.36 bits per heavy atom. The zero-order chi connectivity index (χ0) is 18.8. The van der Waals surface area contributed by atoms with Crippen LogP contribution in [-0.4, -0.2) is 48.1 Å². The molecule has 7 nitrogen and oxygen atoms in total. The van der Waals surface area contributed by atoms with Crippen molar-refractivity contribution < 1.29 is 19.6 Å². The van der Waals surface area contributed by atoms with Crippen LogP contribution in [-0.2, 0) is 20.8 Å². The van der Waals surface area contributed by atoms with E-state index in [9.17, 15) is 19.6 Å². The molecule has 0 fully saturated rings. The van der Waals surface area contributed by atoms with Crippen molar-refractivity contribution in [2.24, 2.45) is 11.8 Å². The molecule has 138 valence electrons. The van der Waals surface area contributed by atoms with Gasteiger partial charge in [0, 0.05) is 13.5 Å². The number of hydroxylamine groups is 2. The number of hydrogen-bond donors (Lipinski definition) is 3. The van der Waals surface area contributed by atoms with Crippen LogP contribution >= 0.6 is 0 Å². The van der Waals surface area contributed by atoms with Crippen molar-refractivity contribution in [1.82, 2.24) is 15.7 Å². The molecule has 2 atom stereocenters. The first kappa shape index (κ1) is 20.6. The van der Waals surface area contributed by atoms with E-state index in [1.807, 2.05) is 44.2 Å². The second-order valence-electron chi connectivity index (χ2n) is 6.42. The van der Waals surface area contributed by atoms with Crippen molar-refractivity contribution in [2.45, 2.75) is 32.7 Å². The van der Waals surface area contributed by atoms with Gasteiger partial charge in [-0.1, -0.05) is 44.2 Å². The molecule has 0 spiro atoms. The predicted molar refractivity (Wildman–Crippen MR) is 93.6 cm³/mol. The molecular weight excluding hydrogens is 322 g/mol. The summed E-state index contributed by atoms with van der Waals surface area (Å²) < 4.78 is 0. The summed E-state index contributed by atoms with van der Waals surface area (Å²) in [7, 11) is 1.51. The lowest BCUT2D eigenvalue weighted by Gasteiger charge is -2.24. The Balaban J connectivity index is 2.85. The Morgan fingerprint density at radius 2 is 1.84 bits per heavy atom. The molecule has 25 heavy (non-hydrogen) atoms. The topological polar surface area (TPSA) is 98.7 Å². The summed E-state index contributed by atoms with van der Waals surface area (Å²) in [6, 6.07) is 8.66. The summed E-state index contributed by atoms with van der Waals surface area (Å²) in [4.78, 5) is 35.4. The van der Waals surface area contributed by atoms with Crippen LogP contribution in [0.4, 0.5) is 0 Å². The molecule has 0 saturated carbocycles. The van der Waals surface area contributed by atoms with Crippen LogP contribution in [0.1, 0.15) is 25.8 Å². The maximum Gasteiger partial charge on any atom is 0.242 e. The van der Waals surface area contributed by atoms with Gasteiger partial charge in [-0.3, -0.25) is 19.6 Å². The lowest BCUT2D eigenvalue weighted by Crippen LogP contribution is -2.50. The van der Waals surface area contributed by atoms with Crippen molar-refractivity contribution >= 4 is 18.2 Å². The van der Waals surface area contributed by atoms with Gasteiger partial charge in [0.2, 0.25) is 18.2 Å². The molecule has 0 aliphatic heterocycles. The molecule has 7 heteroatoms. The molecule has 1 unspecified atom stereocenters. The minimum Gasteiger partial charge on any atom is -0.357 e. The molecule has 1 aromatic carbocycles.